The largest absolute Gasteiger partial charge is 0.465 e. The Labute approximate surface area is 105 Å². The summed E-state index contributed by atoms with van der Waals surface area (Å²) in [6.07, 6.45) is 2.15. The number of hydrogen-bond acceptors (Lipinski definition) is 5. The van der Waals surface area contributed by atoms with E-state index in [1.165, 1.54) is 7.11 Å². The van der Waals surface area contributed by atoms with E-state index < -0.39 is 0 Å². The van der Waals surface area contributed by atoms with Gasteiger partial charge in [0.05, 0.1) is 24.4 Å². The maximum absolute atomic E-state index is 11.6. The van der Waals surface area contributed by atoms with E-state index in [0.717, 1.165) is 30.6 Å². The molecule has 0 aromatic heterocycles. The van der Waals surface area contributed by atoms with Gasteiger partial charge in [0.1, 0.15) is 0 Å². The quantitative estimate of drug-likeness (QED) is 0.762. The molecule has 94 valence electrons. The summed E-state index contributed by atoms with van der Waals surface area (Å²) in [5.74, 6) is 0.265. The van der Waals surface area contributed by atoms with Crippen LogP contribution in [0.4, 0.5) is 5.69 Å². The van der Waals surface area contributed by atoms with Gasteiger partial charge in [-0.05, 0) is 31.0 Å². The first kappa shape index (κ1) is 11.1. The molecule has 2 aliphatic heterocycles. The number of nitrogens with two attached hydrogens (primary N) is 1. The number of hydrogen-bond donors (Lipinski definition) is 1. The molecule has 5 heteroatoms. The number of rotatable bonds is 1. The molecule has 1 saturated heterocycles. The van der Waals surface area contributed by atoms with Crippen LogP contribution in [0.3, 0.4) is 0 Å². The Morgan fingerprint density at radius 1 is 1.56 bits per heavy atom. The number of carbonyl (C=O) groups is 1. The molecule has 5 nitrogen and oxygen atoms in total. The molecule has 1 fully saturated rings. The lowest BCUT2D eigenvalue weighted by molar-refractivity contribution is 0.0600. The molecular weight excluding hydrogens is 230 g/mol. The van der Waals surface area contributed by atoms with E-state index in [-0.39, 0.29) is 12.0 Å². The lowest BCUT2D eigenvalue weighted by Gasteiger charge is -2.31. The SMILES string of the molecule is COC(=O)c1ccc2c(c1)[C@@H]1CCCN1C(N)=N2. The van der Waals surface area contributed by atoms with E-state index in [2.05, 4.69) is 9.89 Å². The van der Waals surface area contributed by atoms with Crippen LogP contribution in [0, 0.1) is 0 Å². The monoisotopic (exact) mass is 245 g/mol. The van der Waals surface area contributed by atoms with Crippen LogP contribution < -0.4 is 5.73 Å². The number of ether oxygens (including phenoxy) is 1. The molecule has 0 bridgehead atoms. The highest BCUT2D eigenvalue weighted by atomic mass is 16.5. The average Bonchev–Trinajstić information content (AvgIpc) is 2.88. The van der Waals surface area contributed by atoms with E-state index >= 15 is 0 Å². The number of fused-ring (bicyclic) bond motifs is 3. The van der Waals surface area contributed by atoms with Crippen molar-refractivity contribution in [3.8, 4) is 0 Å². The van der Waals surface area contributed by atoms with E-state index in [9.17, 15) is 4.79 Å². The van der Waals surface area contributed by atoms with Crippen molar-refractivity contribution in [3.63, 3.8) is 0 Å². The van der Waals surface area contributed by atoms with Crippen molar-refractivity contribution >= 4 is 17.6 Å². The fraction of sp³-hybridized carbons (Fsp3) is 0.385. The van der Waals surface area contributed by atoms with Gasteiger partial charge in [0, 0.05) is 12.1 Å². The first-order valence-electron chi connectivity index (χ1n) is 6.04. The average molecular weight is 245 g/mol. The molecule has 1 aromatic carbocycles. The fourth-order valence-corrected chi connectivity index (χ4v) is 2.72. The molecule has 0 spiro atoms. The van der Waals surface area contributed by atoms with Gasteiger partial charge in [-0.3, -0.25) is 0 Å². The fourth-order valence-electron chi connectivity index (χ4n) is 2.72. The second-order valence-corrected chi connectivity index (χ2v) is 4.59. The first-order chi connectivity index (χ1) is 8.70. The molecular formula is C13H15N3O2. The Kier molecular flexibility index (Phi) is 2.47. The second-order valence-electron chi connectivity index (χ2n) is 4.59. The summed E-state index contributed by atoms with van der Waals surface area (Å²) < 4.78 is 4.75. The number of methoxy groups -OCH3 is 1. The van der Waals surface area contributed by atoms with Crippen LogP contribution in [0.15, 0.2) is 23.2 Å². The van der Waals surface area contributed by atoms with Gasteiger partial charge in [-0.15, -0.1) is 0 Å². The third-order valence-electron chi connectivity index (χ3n) is 3.59. The Morgan fingerprint density at radius 3 is 3.17 bits per heavy atom. The zero-order valence-electron chi connectivity index (χ0n) is 10.2. The first-order valence-corrected chi connectivity index (χ1v) is 6.04. The Hall–Kier alpha value is -2.04. The van der Waals surface area contributed by atoms with Gasteiger partial charge < -0.3 is 15.4 Å². The predicted molar refractivity (Wildman–Crippen MR) is 67.7 cm³/mol. The van der Waals surface area contributed by atoms with Gasteiger partial charge in [-0.2, -0.15) is 0 Å². The zero-order valence-corrected chi connectivity index (χ0v) is 10.2. The Morgan fingerprint density at radius 2 is 2.39 bits per heavy atom. The van der Waals surface area contributed by atoms with Gasteiger partial charge in [0.2, 0.25) is 0 Å². The maximum atomic E-state index is 11.6. The smallest absolute Gasteiger partial charge is 0.337 e. The Bertz CT molecular complexity index is 539. The molecule has 2 N–H and O–H groups in total. The number of nitrogens with zero attached hydrogens (tertiary/aromatic N) is 2. The summed E-state index contributed by atoms with van der Waals surface area (Å²) in [5.41, 5.74) is 8.45. The Balaban J connectivity index is 2.08. The summed E-state index contributed by atoms with van der Waals surface area (Å²) >= 11 is 0. The molecule has 1 aromatic rings. The molecule has 0 unspecified atom stereocenters. The van der Waals surface area contributed by atoms with Crippen molar-refractivity contribution in [2.75, 3.05) is 13.7 Å². The lowest BCUT2D eigenvalue weighted by Crippen LogP contribution is -2.38. The highest BCUT2D eigenvalue weighted by molar-refractivity contribution is 5.91. The molecule has 18 heavy (non-hydrogen) atoms. The van der Waals surface area contributed by atoms with Gasteiger partial charge in [0.15, 0.2) is 5.96 Å². The third kappa shape index (κ3) is 1.54. The van der Waals surface area contributed by atoms with Crippen molar-refractivity contribution < 1.29 is 9.53 Å². The minimum Gasteiger partial charge on any atom is -0.465 e. The van der Waals surface area contributed by atoms with Crippen LogP contribution in [-0.2, 0) is 4.74 Å². The molecule has 0 aliphatic carbocycles. The molecule has 0 amide bonds. The van der Waals surface area contributed by atoms with Crippen LogP contribution >= 0.6 is 0 Å². The predicted octanol–water partition coefficient (Wildman–Crippen LogP) is 1.57. The minimum absolute atomic E-state index is 0.252. The van der Waals surface area contributed by atoms with Gasteiger partial charge in [0.25, 0.3) is 0 Å². The van der Waals surface area contributed by atoms with E-state index in [1.54, 1.807) is 6.07 Å². The summed E-state index contributed by atoms with van der Waals surface area (Å²) in [4.78, 5) is 18.0. The van der Waals surface area contributed by atoms with Gasteiger partial charge in [-0.1, -0.05) is 0 Å². The minimum atomic E-state index is -0.315. The van der Waals surface area contributed by atoms with Crippen LogP contribution in [-0.4, -0.2) is 30.5 Å². The second kappa shape index (κ2) is 4.01. The molecule has 1 atom stereocenters. The topological polar surface area (TPSA) is 67.9 Å². The maximum Gasteiger partial charge on any atom is 0.337 e. The van der Waals surface area contributed by atoms with Crippen molar-refractivity contribution in [3.05, 3.63) is 29.3 Å². The summed E-state index contributed by atoms with van der Waals surface area (Å²) in [6.45, 7) is 0.932. The zero-order chi connectivity index (χ0) is 12.7. The standard InChI is InChI=1S/C13H15N3O2/c1-18-12(17)8-4-5-10-9(7-8)11-3-2-6-16(11)13(14)15-10/h4-5,7,11H,2-3,6H2,1H3,(H2,14,15)/t11-/m0/s1. The number of esters is 1. The van der Waals surface area contributed by atoms with Crippen LogP contribution in [0.1, 0.15) is 34.8 Å². The van der Waals surface area contributed by atoms with Crippen molar-refractivity contribution in [1.29, 1.82) is 0 Å². The van der Waals surface area contributed by atoms with Crippen LogP contribution in [0.25, 0.3) is 0 Å². The lowest BCUT2D eigenvalue weighted by atomic mass is 9.98. The van der Waals surface area contributed by atoms with Crippen LogP contribution in [0.5, 0.6) is 0 Å². The molecule has 3 rings (SSSR count). The summed E-state index contributed by atoms with van der Waals surface area (Å²) in [5, 5.41) is 0. The van der Waals surface area contributed by atoms with E-state index in [4.69, 9.17) is 10.5 Å². The molecule has 2 heterocycles. The van der Waals surface area contributed by atoms with Crippen molar-refractivity contribution in [2.45, 2.75) is 18.9 Å². The van der Waals surface area contributed by atoms with Gasteiger partial charge in [-0.25, -0.2) is 9.79 Å². The molecule has 2 aliphatic rings. The molecule has 0 radical (unpaired) electrons. The highest BCUT2D eigenvalue weighted by Gasteiger charge is 2.33. The highest BCUT2D eigenvalue weighted by Crippen LogP contribution is 2.40. The summed E-state index contributed by atoms with van der Waals surface area (Å²) in [6, 6.07) is 5.69. The third-order valence-corrected chi connectivity index (χ3v) is 3.59. The van der Waals surface area contributed by atoms with Crippen molar-refractivity contribution in [2.24, 2.45) is 10.7 Å². The number of guanidine groups is 1. The van der Waals surface area contributed by atoms with E-state index in [0.29, 0.717) is 11.5 Å². The van der Waals surface area contributed by atoms with Crippen LogP contribution in [0.2, 0.25) is 0 Å². The number of benzene rings is 1. The van der Waals surface area contributed by atoms with Crippen molar-refractivity contribution in [1.82, 2.24) is 4.90 Å². The summed E-state index contributed by atoms with van der Waals surface area (Å²) in [7, 11) is 1.39. The number of carbonyl (C=O) groups excluding carboxylic acids is 1. The normalized spacial score (nSPS) is 21.1. The van der Waals surface area contributed by atoms with Gasteiger partial charge >= 0.3 is 5.97 Å². The van der Waals surface area contributed by atoms with E-state index in [1.807, 2.05) is 12.1 Å². The number of aliphatic imine (C=N–C) groups is 1. The molecule has 0 saturated carbocycles.